The number of Topliss-reactive ketones (excluding diaryl/α,β-unsaturated/α-hetero) is 1. The quantitative estimate of drug-likeness (QED) is 0.482. The van der Waals surface area contributed by atoms with E-state index in [0.717, 1.165) is 0 Å². The molecule has 25 heavy (non-hydrogen) atoms. The Bertz CT molecular complexity index is 975. The van der Waals surface area contributed by atoms with Gasteiger partial charge in [0.05, 0.1) is 12.6 Å². The number of hydrogen-bond acceptors (Lipinski definition) is 6. The van der Waals surface area contributed by atoms with Crippen LogP contribution in [0.3, 0.4) is 0 Å². The van der Waals surface area contributed by atoms with Crippen molar-refractivity contribution >= 4 is 16.7 Å². The van der Waals surface area contributed by atoms with Crippen LogP contribution in [0.15, 0.2) is 53.3 Å². The van der Waals surface area contributed by atoms with Crippen molar-refractivity contribution in [2.45, 2.75) is 6.29 Å². The fourth-order valence-corrected chi connectivity index (χ4v) is 2.44. The zero-order valence-corrected chi connectivity index (χ0v) is 13.2. The molecule has 0 unspecified atom stereocenters. The molecule has 1 aromatic heterocycles. The fourth-order valence-electron chi connectivity index (χ4n) is 2.44. The van der Waals surface area contributed by atoms with Gasteiger partial charge in [0, 0.05) is 17.0 Å². The molecule has 3 rings (SSSR count). The predicted octanol–water partition coefficient (Wildman–Crippen LogP) is 1.82. The molecule has 0 radical (unpaired) electrons. The van der Waals surface area contributed by atoms with E-state index in [1.165, 1.54) is 24.3 Å². The predicted molar refractivity (Wildman–Crippen MR) is 90.2 cm³/mol. The molecular weight excluding hydrogens is 326 g/mol. The molecular formula is C18H15NO6. The molecule has 0 fully saturated rings. The Kier molecular flexibility index (Phi) is 4.51. The minimum absolute atomic E-state index is 0.0725. The van der Waals surface area contributed by atoms with Gasteiger partial charge >= 0.3 is 0 Å². The van der Waals surface area contributed by atoms with Gasteiger partial charge in [0.15, 0.2) is 5.75 Å². The Morgan fingerprint density at radius 2 is 1.68 bits per heavy atom. The van der Waals surface area contributed by atoms with Crippen LogP contribution in [0.5, 0.6) is 17.2 Å². The minimum atomic E-state index is -2.14. The molecule has 0 aliphatic heterocycles. The summed E-state index contributed by atoms with van der Waals surface area (Å²) in [5.41, 5.74) is -0.0145. The average Bonchev–Trinajstić information content (AvgIpc) is 2.62. The number of aliphatic hydroxyl groups is 2. The summed E-state index contributed by atoms with van der Waals surface area (Å²) in [6.07, 6.45) is -2.14. The Morgan fingerprint density at radius 3 is 2.32 bits per heavy atom. The van der Waals surface area contributed by atoms with Crippen molar-refractivity contribution in [3.8, 4) is 17.2 Å². The zero-order chi connectivity index (χ0) is 18.0. The van der Waals surface area contributed by atoms with E-state index < -0.39 is 12.1 Å². The molecule has 128 valence electrons. The Morgan fingerprint density at radius 1 is 1.00 bits per heavy atom. The van der Waals surface area contributed by atoms with Gasteiger partial charge < -0.3 is 24.7 Å². The van der Waals surface area contributed by atoms with Crippen LogP contribution in [0, 0.1) is 0 Å². The van der Waals surface area contributed by atoms with E-state index in [0.29, 0.717) is 22.6 Å². The van der Waals surface area contributed by atoms with E-state index >= 15 is 0 Å². The molecule has 7 nitrogen and oxygen atoms in total. The molecule has 3 N–H and O–H groups in total. The lowest BCUT2D eigenvalue weighted by atomic mass is 10.0. The SMILES string of the molecule is COc1ccc(Oc2ccc(C(=O)C(O)O)c3ccc(=O)[nH]c23)cc1. The molecule has 0 aliphatic carbocycles. The van der Waals surface area contributed by atoms with Crippen LogP contribution < -0.4 is 15.0 Å². The van der Waals surface area contributed by atoms with Crippen molar-refractivity contribution in [1.82, 2.24) is 4.98 Å². The number of carbonyl (C=O) groups is 1. The molecule has 0 saturated heterocycles. The van der Waals surface area contributed by atoms with Crippen LogP contribution in [0.1, 0.15) is 10.4 Å². The third kappa shape index (κ3) is 3.37. The molecule has 2 aromatic carbocycles. The third-order valence-corrected chi connectivity index (χ3v) is 3.64. The highest BCUT2D eigenvalue weighted by Crippen LogP contribution is 2.31. The number of fused-ring (bicyclic) bond motifs is 1. The van der Waals surface area contributed by atoms with Crippen molar-refractivity contribution in [1.29, 1.82) is 0 Å². The largest absolute Gasteiger partial charge is 0.497 e. The van der Waals surface area contributed by atoms with Crippen LogP contribution in [0.25, 0.3) is 10.9 Å². The molecule has 1 heterocycles. The van der Waals surface area contributed by atoms with Gasteiger partial charge in [0.2, 0.25) is 17.6 Å². The highest BCUT2D eigenvalue weighted by atomic mass is 16.5. The maximum atomic E-state index is 11.9. The Balaban J connectivity index is 2.09. The second-order valence-electron chi connectivity index (χ2n) is 5.24. The third-order valence-electron chi connectivity index (χ3n) is 3.64. The van der Waals surface area contributed by atoms with Crippen molar-refractivity contribution in [2.75, 3.05) is 7.11 Å². The van der Waals surface area contributed by atoms with Crippen molar-refractivity contribution in [3.63, 3.8) is 0 Å². The Hall–Kier alpha value is -3.16. The summed E-state index contributed by atoms with van der Waals surface area (Å²) in [5.74, 6) is 0.631. The van der Waals surface area contributed by atoms with Crippen LogP contribution in [-0.4, -0.2) is 34.4 Å². The molecule has 0 amide bonds. The summed E-state index contributed by atoms with van der Waals surface area (Å²) >= 11 is 0. The molecule has 7 heteroatoms. The van der Waals surface area contributed by atoms with Gasteiger partial charge in [-0.05, 0) is 42.5 Å². The van der Waals surface area contributed by atoms with Gasteiger partial charge in [-0.15, -0.1) is 0 Å². The first-order chi connectivity index (χ1) is 12.0. The normalized spacial score (nSPS) is 10.9. The molecule has 0 atom stereocenters. The first-order valence-electron chi connectivity index (χ1n) is 7.38. The number of aromatic nitrogens is 1. The highest BCUT2D eigenvalue weighted by molar-refractivity contribution is 6.09. The number of H-pyrrole nitrogens is 1. The number of aliphatic hydroxyl groups excluding tert-OH is 1. The molecule has 0 saturated carbocycles. The molecule has 0 spiro atoms. The summed E-state index contributed by atoms with van der Waals surface area (Å²) in [5, 5.41) is 18.6. The van der Waals surface area contributed by atoms with Crippen molar-refractivity contribution < 1.29 is 24.5 Å². The topological polar surface area (TPSA) is 109 Å². The van der Waals surface area contributed by atoms with Crippen LogP contribution >= 0.6 is 0 Å². The van der Waals surface area contributed by atoms with Gasteiger partial charge in [-0.25, -0.2) is 0 Å². The molecule has 0 bridgehead atoms. The second-order valence-corrected chi connectivity index (χ2v) is 5.24. The number of ether oxygens (including phenoxy) is 2. The summed E-state index contributed by atoms with van der Waals surface area (Å²) in [6, 6.07) is 12.4. The number of pyridine rings is 1. The summed E-state index contributed by atoms with van der Waals surface area (Å²) in [7, 11) is 1.55. The minimum Gasteiger partial charge on any atom is -0.497 e. The lowest BCUT2D eigenvalue weighted by Crippen LogP contribution is -2.20. The molecule has 0 aliphatic rings. The number of aromatic amines is 1. The van der Waals surface area contributed by atoms with E-state index in [1.807, 2.05) is 0 Å². The van der Waals surface area contributed by atoms with Gasteiger partial charge in [-0.3, -0.25) is 9.59 Å². The first kappa shape index (κ1) is 16.7. The van der Waals surface area contributed by atoms with Crippen molar-refractivity contribution in [3.05, 3.63) is 64.4 Å². The standard InChI is InChI=1S/C18H15NO6/c1-24-10-2-4-11(5-3-10)25-14-8-6-13(17(21)18(22)23)12-7-9-15(20)19-16(12)14/h2-9,18,22-23H,1H3,(H,19,20). The number of benzene rings is 2. The van der Waals surface area contributed by atoms with Crippen LogP contribution in [-0.2, 0) is 0 Å². The van der Waals surface area contributed by atoms with E-state index in [1.54, 1.807) is 31.4 Å². The lowest BCUT2D eigenvalue weighted by Gasteiger charge is -2.12. The van der Waals surface area contributed by atoms with Crippen molar-refractivity contribution in [2.24, 2.45) is 0 Å². The summed E-state index contributed by atoms with van der Waals surface area (Å²) < 4.78 is 10.9. The van der Waals surface area contributed by atoms with E-state index in [9.17, 15) is 9.59 Å². The summed E-state index contributed by atoms with van der Waals surface area (Å²) in [4.78, 5) is 26.2. The number of hydrogen-bond donors (Lipinski definition) is 3. The van der Waals surface area contributed by atoms with Crippen LogP contribution in [0.2, 0.25) is 0 Å². The maximum Gasteiger partial charge on any atom is 0.248 e. The zero-order valence-electron chi connectivity index (χ0n) is 13.2. The summed E-state index contributed by atoms with van der Waals surface area (Å²) in [6.45, 7) is 0. The molecule has 3 aromatic rings. The monoisotopic (exact) mass is 341 g/mol. The van der Waals surface area contributed by atoms with Crippen LogP contribution in [0.4, 0.5) is 0 Å². The Labute approximate surface area is 142 Å². The number of rotatable bonds is 5. The van der Waals surface area contributed by atoms with Gasteiger partial charge in [-0.2, -0.15) is 0 Å². The number of nitrogens with one attached hydrogen (secondary N) is 1. The second kappa shape index (κ2) is 6.76. The smallest absolute Gasteiger partial charge is 0.248 e. The average molecular weight is 341 g/mol. The fraction of sp³-hybridized carbons (Fsp3) is 0.111. The lowest BCUT2D eigenvalue weighted by molar-refractivity contribution is -0.0194. The highest BCUT2D eigenvalue weighted by Gasteiger charge is 2.19. The number of methoxy groups -OCH3 is 1. The first-order valence-corrected chi connectivity index (χ1v) is 7.38. The van der Waals surface area contributed by atoms with E-state index in [2.05, 4.69) is 4.98 Å². The van der Waals surface area contributed by atoms with Gasteiger partial charge in [-0.1, -0.05) is 0 Å². The van der Waals surface area contributed by atoms with E-state index in [-0.39, 0.29) is 16.6 Å². The number of ketones is 1. The number of carbonyl (C=O) groups excluding carboxylic acids is 1. The van der Waals surface area contributed by atoms with Gasteiger partial charge in [0.1, 0.15) is 11.5 Å². The maximum absolute atomic E-state index is 11.9. The van der Waals surface area contributed by atoms with Gasteiger partial charge in [0.25, 0.3) is 0 Å². The van der Waals surface area contributed by atoms with E-state index in [4.69, 9.17) is 19.7 Å².